The highest BCUT2D eigenvalue weighted by Crippen LogP contribution is 2.21. The van der Waals surface area contributed by atoms with E-state index in [1.165, 1.54) is 4.88 Å². The summed E-state index contributed by atoms with van der Waals surface area (Å²) in [6, 6.07) is 5.66. The maximum Gasteiger partial charge on any atom is 0.0797 e. The predicted molar refractivity (Wildman–Crippen MR) is 83.6 cm³/mol. The van der Waals surface area contributed by atoms with Crippen molar-refractivity contribution < 1.29 is 0 Å². The number of nitrogens with one attached hydrogen (secondary N) is 1. The average Bonchev–Trinajstić information content (AvgIpc) is 2.77. The summed E-state index contributed by atoms with van der Waals surface area (Å²) in [4.78, 5) is 5.60. The zero-order chi connectivity index (χ0) is 13.7. The lowest BCUT2D eigenvalue weighted by Gasteiger charge is -2.06. The van der Waals surface area contributed by atoms with E-state index in [1.54, 1.807) is 17.4 Å². The molecule has 2 aromatic rings. The fraction of sp³-hybridized carbons (Fsp3) is 0.357. The molecular formula is C14H16Cl2N2S. The first-order valence-corrected chi connectivity index (χ1v) is 7.84. The summed E-state index contributed by atoms with van der Waals surface area (Å²) in [6.07, 6.45) is 1.95. The molecule has 19 heavy (non-hydrogen) atoms. The molecule has 0 spiro atoms. The number of thiazole rings is 1. The lowest BCUT2D eigenvalue weighted by Crippen LogP contribution is -2.20. The second kappa shape index (κ2) is 7.25. The van der Waals surface area contributed by atoms with Crippen LogP contribution in [0.3, 0.4) is 0 Å². The largest absolute Gasteiger partial charge is 0.316 e. The van der Waals surface area contributed by atoms with Gasteiger partial charge in [-0.25, -0.2) is 4.98 Å². The second-order valence-electron chi connectivity index (χ2n) is 4.35. The van der Waals surface area contributed by atoms with E-state index in [9.17, 15) is 0 Å². The van der Waals surface area contributed by atoms with E-state index in [2.05, 4.69) is 17.2 Å². The lowest BCUT2D eigenvalue weighted by molar-refractivity contribution is 0.683. The van der Waals surface area contributed by atoms with Crippen LogP contribution in [0.1, 0.15) is 16.1 Å². The Morgan fingerprint density at radius 1 is 1.21 bits per heavy atom. The van der Waals surface area contributed by atoms with Gasteiger partial charge in [0.05, 0.1) is 11.2 Å². The summed E-state index contributed by atoms with van der Waals surface area (Å²) < 4.78 is 0. The molecule has 1 N–H and O–H groups in total. The molecule has 5 heteroatoms. The summed E-state index contributed by atoms with van der Waals surface area (Å²) >= 11 is 13.7. The Balaban J connectivity index is 1.71. The van der Waals surface area contributed by atoms with Crippen molar-refractivity contribution in [3.8, 4) is 0 Å². The first-order valence-electron chi connectivity index (χ1n) is 6.20. The Hall–Kier alpha value is -0.610. The smallest absolute Gasteiger partial charge is 0.0797 e. The summed E-state index contributed by atoms with van der Waals surface area (Å²) in [5.41, 5.74) is 4.18. The Kier molecular flexibility index (Phi) is 5.64. The number of nitrogens with zero attached hydrogens (tertiary/aromatic N) is 1. The van der Waals surface area contributed by atoms with Crippen LogP contribution >= 0.6 is 34.5 Å². The van der Waals surface area contributed by atoms with Crippen LogP contribution in [0.4, 0.5) is 0 Å². The number of rotatable bonds is 6. The SMILES string of the molecule is Cc1ncsc1CCNCCc1ccc(Cl)cc1Cl. The van der Waals surface area contributed by atoms with Gasteiger partial charge in [0.1, 0.15) is 0 Å². The average molecular weight is 315 g/mol. The molecule has 1 aromatic carbocycles. The maximum absolute atomic E-state index is 6.13. The van der Waals surface area contributed by atoms with Gasteiger partial charge in [0.15, 0.2) is 0 Å². The summed E-state index contributed by atoms with van der Waals surface area (Å²) in [5.74, 6) is 0. The zero-order valence-electron chi connectivity index (χ0n) is 10.7. The molecule has 0 aliphatic rings. The lowest BCUT2D eigenvalue weighted by atomic mass is 10.1. The van der Waals surface area contributed by atoms with Gasteiger partial charge in [-0.2, -0.15) is 0 Å². The van der Waals surface area contributed by atoms with Crippen molar-refractivity contribution in [3.05, 3.63) is 49.9 Å². The van der Waals surface area contributed by atoms with Gasteiger partial charge in [0.2, 0.25) is 0 Å². The van der Waals surface area contributed by atoms with Crippen LogP contribution in [0.25, 0.3) is 0 Å². The highest BCUT2D eigenvalue weighted by atomic mass is 35.5. The fourth-order valence-corrected chi connectivity index (χ4v) is 3.12. The molecule has 1 aromatic heterocycles. The Labute approximate surface area is 127 Å². The van der Waals surface area contributed by atoms with Crippen LogP contribution in [-0.2, 0) is 12.8 Å². The molecule has 0 aliphatic carbocycles. The quantitative estimate of drug-likeness (QED) is 0.811. The Morgan fingerprint density at radius 2 is 2.00 bits per heavy atom. The monoisotopic (exact) mass is 314 g/mol. The molecule has 0 aliphatic heterocycles. The van der Waals surface area contributed by atoms with Crippen molar-refractivity contribution in [1.29, 1.82) is 0 Å². The van der Waals surface area contributed by atoms with Crippen LogP contribution in [0.5, 0.6) is 0 Å². The number of hydrogen-bond acceptors (Lipinski definition) is 3. The third-order valence-corrected chi connectivity index (χ3v) is 4.54. The van der Waals surface area contributed by atoms with Crippen molar-refractivity contribution in [2.75, 3.05) is 13.1 Å². The molecule has 0 radical (unpaired) electrons. The first kappa shape index (κ1) is 14.8. The number of benzene rings is 1. The molecule has 0 saturated carbocycles. The second-order valence-corrected chi connectivity index (χ2v) is 6.13. The molecular weight excluding hydrogens is 299 g/mol. The van der Waals surface area contributed by atoms with Gasteiger partial charge in [0, 0.05) is 21.5 Å². The van der Waals surface area contributed by atoms with Gasteiger partial charge in [-0.05, 0) is 44.0 Å². The normalized spacial score (nSPS) is 10.9. The highest BCUT2D eigenvalue weighted by Gasteiger charge is 2.02. The third kappa shape index (κ3) is 4.46. The molecule has 1 heterocycles. The fourth-order valence-electron chi connectivity index (χ4n) is 1.84. The van der Waals surface area contributed by atoms with E-state index in [0.717, 1.165) is 42.2 Å². The summed E-state index contributed by atoms with van der Waals surface area (Å²) in [5, 5.41) is 4.85. The first-order chi connectivity index (χ1) is 9.16. The highest BCUT2D eigenvalue weighted by molar-refractivity contribution is 7.09. The number of hydrogen-bond donors (Lipinski definition) is 1. The number of halogens is 2. The van der Waals surface area contributed by atoms with Crippen molar-refractivity contribution in [1.82, 2.24) is 10.3 Å². The van der Waals surface area contributed by atoms with Crippen LogP contribution < -0.4 is 5.32 Å². The van der Waals surface area contributed by atoms with Crippen molar-refractivity contribution in [2.24, 2.45) is 0 Å². The Bertz CT molecular complexity index is 540. The Morgan fingerprint density at radius 3 is 2.68 bits per heavy atom. The molecule has 2 rings (SSSR count). The minimum atomic E-state index is 0.683. The number of aryl methyl sites for hydroxylation is 1. The van der Waals surface area contributed by atoms with Gasteiger partial charge in [0.25, 0.3) is 0 Å². The van der Waals surface area contributed by atoms with E-state index in [4.69, 9.17) is 23.2 Å². The van der Waals surface area contributed by atoms with Gasteiger partial charge in [-0.15, -0.1) is 11.3 Å². The van der Waals surface area contributed by atoms with Gasteiger partial charge in [-0.3, -0.25) is 0 Å². The van der Waals surface area contributed by atoms with Crippen LogP contribution in [-0.4, -0.2) is 18.1 Å². The molecule has 2 nitrogen and oxygen atoms in total. The van der Waals surface area contributed by atoms with Crippen molar-refractivity contribution in [3.63, 3.8) is 0 Å². The molecule has 0 saturated heterocycles. The van der Waals surface area contributed by atoms with E-state index in [-0.39, 0.29) is 0 Å². The molecule has 0 unspecified atom stereocenters. The van der Waals surface area contributed by atoms with E-state index in [1.807, 2.05) is 17.6 Å². The topological polar surface area (TPSA) is 24.9 Å². The van der Waals surface area contributed by atoms with Crippen molar-refractivity contribution >= 4 is 34.5 Å². The van der Waals surface area contributed by atoms with Crippen molar-refractivity contribution in [2.45, 2.75) is 19.8 Å². The zero-order valence-corrected chi connectivity index (χ0v) is 13.1. The predicted octanol–water partition coefficient (Wildman–Crippen LogP) is 4.13. The van der Waals surface area contributed by atoms with Crippen LogP contribution in [0, 0.1) is 6.92 Å². The molecule has 0 fully saturated rings. The van der Waals surface area contributed by atoms with E-state index in [0.29, 0.717) is 5.02 Å². The maximum atomic E-state index is 6.13. The molecule has 0 bridgehead atoms. The third-order valence-electron chi connectivity index (χ3n) is 2.96. The van der Waals surface area contributed by atoms with Gasteiger partial charge < -0.3 is 5.32 Å². The van der Waals surface area contributed by atoms with Crippen LogP contribution in [0.15, 0.2) is 23.7 Å². The minimum absolute atomic E-state index is 0.683. The van der Waals surface area contributed by atoms with Gasteiger partial charge >= 0.3 is 0 Å². The van der Waals surface area contributed by atoms with E-state index >= 15 is 0 Å². The summed E-state index contributed by atoms with van der Waals surface area (Å²) in [7, 11) is 0. The molecule has 102 valence electrons. The van der Waals surface area contributed by atoms with Crippen LogP contribution in [0.2, 0.25) is 10.0 Å². The standard InChI is InChI=1S/C14H16Cl2N2S/c1-10-14(19-9-18-10)5-7-17-6-4-11-2-3-12(15)8-13(11)16/h2-3,8-9,17H,4-7H2,1H3. The summed E-state index contributed by atoms with van der Waals surface area (Å²) in [6.45, 7) is 3.94. The van der Waals surface area contributed by atoms with Gasteiger partial charge in [-0.1, -0.05) is 29.3 Å². The number of aromatic nitrogens is 1. The molecule has 0 amide bonds. The molecule has 0 atom stereocenters. The van der Waals surface area contributed by atoms with E-state index < -0.39 is 0 Å². The minimum Gasteiger partial charge on any atom is -0.316 e.